The third-order valence-corrected chi connectivity index (χ3v) is 5.00. The molecule has 1 aromatic carbocycles. The van der Waals surface area contributed by atoms with Gasteiger partial charge >= 0.3 is 12.0 Å². The van der Waals surface area contributed by atoms with Gasteiger partial charge in [-0.05, 0) is 43.9 Å². The summed E-state index contributed by atoms with van der Waals surface area (Å²) in [6, 6.07) is 8.27. The summed E-state index contributed by atoms with van der Waals surface area (Å²) in [6.45, 7) is 3.45. The minimum absolute atomic E-state index is 0.00396. The van der Waals surface area contributed by atoms with E-state index in [2.05, 4.69) is 16.3 Å². The van der Waals surface area contributed by atoms with Gasteiger partial charge in [0.25, 0.3) is 0 Å². The van der Waals surface area contributed by atoms with Crippen LogP contribution in [0.25, 0.3) is 0 Å². The van der Waals surface area contributed by atoms with Crippen molar-refractivity contribution in [1.29, 1.82) is 0 Å². The number of likely N-dealkylation sites (tertiary alicyclic amines) is 1. The van der Waals surface area contributed by atoms with Crippen molar-refractivity contribution in [2.75, 3.05) is 31.5 Å². The first-order valence-corrected chi connectivity index (χ1v) is 8.73. The van der Waals surface area contributed by atoms with E-state index in [4.69, 9.17) is 5.11 Å². The number of carboxylic acids is 1. The standard InChI is InChI=1S/C18H25N3O3/c22-17(23)6-3-10-20-11-8-15(9-12-20)21-13-7-14-4-1-2-5-16(14)19-18(21)24/h1-2,4-5,15H,3,6-13H2,(H,19,24)(H,22,23). The molecule has 0 spiro atoms. The van der Waals surface area contributed by atoms with Crippen LogP contribution in [0.3, 0.4) is 0 Å². The molecule has 0 aromatic heterocycles. The first kappa shape index (κ1) is 16.8. The zero-order chi connectivity index (χ0) is 16.9. The van der Waals surface area contributed by atoms with E-state index in [1.165, 1.54) is 5.56 Å². The SMILES string of the molecule is O=C(O)CCCN1CCC(N2CCc3ccccc3NC2=O)CC1. The Morgan fingerprint density at radius 1 is 1.21 bits per heavy atom. The maximum atomic E-state index is 12.5. The molecule has 3 rings (SSSR count). The normalized spacial score (nSPS) is 19.5. The third-order valence-electron chi connectivity index (χ3n) is 5.00. The summed E-state index contributed by atoms with van der Waals surface area (Å²) in [5.41, 5.74) is 2.12. The molecule has 0 atom stereocenters. The highest BCUT2D eigenvalue weighted by molar-refractivity contribution is 5.91. The summed E-state index contributed by atoms with van der Waals surface area (Å²) in [5, 5.41) is 11.8. The van der Waals surface area contributed by atoms with Gasteiger partial charge in [0.15, 0.2) is 0 Å². The molecule has 24 heavy (non-hydrogen) atoms. The topological polar surface area (TPSA) is 72.9 Å². The summed E-state index contributed by atoms with van der Waals surface area (Å²) < 4.78 is 0. The molecular weight excluding hydrogens is 306 g/mol. The monoisotopic (exact) mass is 331 g/mol. The Labute approximate surface area is 142 Å². The molecule has 2 amide bonds. The van der Waals surface area contributed by atoms with E-state index in [1.807, 2.05) is 23.1 Å². The second-order valence-electron chi connectivity index (χ2n) is 6.60. The molecule has 2 aliphatic rings. The number of anilines is 1. The zero-order valence-electron chi connectivity index (χ0n) is 13.9. The number of carbonyl (C=O) groups is 2. The van der Waals surface area contributed by atoms with Crippen LogP contribution in [0.2, 0.25) is 0 Å². The van der Waals surface area contributed by atoms with Crippen LogP contribution in [0.5, 0.6) is 0 Å². The predicted molar refractivity (Wildman–Crippen MR) is 92.2 cm³/mol. The van der Waals surface area contributed by atoms with Gasteiger partial charge in [-0.25, -0.2) is 4.79 Å². The highest BCUT2D eigenvalue weighted by atomic mass is 16.4. The van der Waals surface area contributed by atoms with Crippen molar-refractivity contribution in [3.8, 4) is 0 Å². The van der Waals surface area contributed by atoms with Gasteiger partial charge in [-0.15, -0.1) is 0 Å². The number of piperidine rings is 1. The largest absolute Gasteiger partial charge is 0.481 e. The fourth-order valence-electron chi connectivity index (χ4n) is 3.65. The van der Waals surface area contributed by atoms with Crippen LogP contribution in [-0.2, 0) is 11.2 Å². The summed E-state index contributed by atoms with van der Waals surface area (Å²) in [7, 11) is 0. The number of aliphatic carboxylic acids is 1. The second-order valence-corrected chi connectivity index (χ2v) is 6.60. The minimum atomic E-state index is -0.731. The number of urea groups is 1. The maximum absolute atomic E-state index is 12.5. The van der Waals surface area contributed by atoms with E-state index < -0.39 is 5.97 Å². The lowest BCUT2D eigenvalue weighted by molar-refractivity contribution is -0.137. The van der Waals surface area contributed by atoms with E-state index in [9.17, 15) is 9.59 Å². The van der Waals surface area contributed by atoms with E-state index in [1.54, 1.807) is 0 Å². The molecule has 2 N–H and O–H groups in total. The zero-order valence-corrected chi connectivity index (χ0v) is 13.9. The molecule has 2 aliphatic heterocycles. The van der Waals surface area contributed by atoms with Crippen LogP contribution in [-0.4, -0.2) is 59.1 Å². The number of fused-ring (bicyclic) bond motifs is 1. The van der Waals surface area contributed by atoms with Crippen molar-refractivity contribution in [3.05, 3.63) is 29.8 Å². The third kappa shape index (κ3) is 4.06. The van der Waals surface area contributed by atoms with Gasteiger partial charge in [0.05, 0.1) is 0 Å². The fraction of sp³-hybridized carbons (Fsp3) is 0.556. The first-order valence-electron chi connectivity index (χ1n) is 8.73. The molecule has 0 radical (unpaired) electrons. The molecule has 0 aliphatic carbocycles. The van der Waals surface area contributed by atoms with Crippen molar-refractivity contribution in [3.63, 3.8) is 0 Å². The molecule has 1 fully saturated rings. The van der Waals surface area contributed by atoms with E-state index in [0.717, 1.165) is 51.1 Å². The molecule has 0 saturated carbocycles. The number of nitrogens with zero attached hydrogens (tertiary/aromatic N) is 2. The Balaban J connectivity index is 1.51. The van der Waals surface area contributed by atoms with Gasteiger partial charge in [-0.3, -0.25) is 4.79 Å². The molecule has 1 aromatic rings. The second kappa shape index (κ2) is 7.66. The van der Waals surface area contributed by atoms with Crippen LogP contribution >= 0.6 is 0 Å². The smallest absolute Gasteiger partial charge is 0.322 e. The van der Waals surface area contributed by atoms with E-state index in [0.29, 0.717) is 6.42 Å². The van der Waals surface area contributed by atoms with Crippen molar-refractivity contribution >= 4 is 17.7 Å². The number of carbonyl (C=O) groups excluding carboxylic acids is 1. The minimum Gasteiger partial charge on any atom is -0.481 e. The van der Waals surface area contributed by atoms with Gasteiger partial charge in [-0.1, -0.05) is 18.2 Å². The van der Waals surface area contributed by atoms with Crippen LogP contribution in [0.15, 0.2) is 24.3 Å². The van der Waals surface area contributed by atoms with Crippen LogP contribution in [0, 0.1) is 0 Å². The van der Waals surface area contributed by atoms with E-state index in [-0.39, 0.29) is 18.5 Å². The van der Waals surface area contributed by atoms with Gasteiger partial charge in [0.1, 0.15) is 0 Å². The Bertz CT molecular complexity index is 597. The quantitative estimate of drug-likeness (QED) is 0.869. The Morgan fingerprint density at radius 3 is 2.71 bits per heavy atom. The molecular formula is C18H25N3O3. The van der Waals surface area contributed by atoms with Crippen molar-refractivity contribution in [2.45, 2.75) is 38.1 Å². The number of rotatable bonds is 5. The van der Waals surface area contributed by atoms with Gasteiger partial charge in [0.2, 0.25) is 0 Å². The highest BCUT2D eigenvalue weighted by Gasteiger charge is 2.29. The molecule has 0 unspecified atom stereocenters. The lowest BCUT2D eigenvalue weighted by Gasteiger charge is -2.37. The number of nitrogens with one attached hydrogen (secondary N) is 1. The fourth-order valence-corrected chi connectivity index (χ4v) is 3.65. The molecule has 130 valence electrons. The van der Waals surface area contributed by atoms with Gasteiger partial charge < -0.3 is 20.2 Å². The lowest BCUT2D eigenvalue weighted by Crippen LogP contribution is -2.49. The maximum Gasteiger partial charge on any atom is 0.322 e. The summed E-state index contributed by atoms with van der Waals surface area (Å²) in [5.74, 6) is -0.731. The number of carboxylic acid groups (broad SMARTS) is 1. The number of benzene rings is 1. The van der Waals surface area contributed by atoms with Gasteiger partial charge in [-0.2, -0.15) is 0 Å². The molecule has 0 bridgehead atoms. The van der Waals surface area contributed by atoms with Crippen molar-refractivity contribution < 1.29 is 14.7 Å². The lowest BCUT2D eigenvalue weighted by atomic mass is 10.0. The number of hydrogen-bond donors (Lipinski definition) is 2. The summed E-state index contributed by atoms with van der Waals surface area (Å²) in [6.07, 6.45) is 3.72. The number of para-hydroxylation sites is 1. The molecule has 6 heteroatoms. The Kier molecular flexibility index (Phi) is 5.35. The Morgan fingerprint density at radius 2 is 1.96 bits per heavy atom. The highest BCUT2D eigenvalue weighted by Crippen LogP contribution is 2.24. The Hall–Kier alpha value is -2.08. The predicted octanol–water partition coefficient (Wildman–Crippen LogP) is 2.41. The number of hydrogen-bond acceptors (Lipinski definition) is 3. The van der Waals surface area contributed by atoms with Gasteiger partial charge in [0, 0.05) is 37.8 Å². The summed E-state index contributed by atoms with van der Waals surface area (Å²) in [4.78, 5) is 27.4. The number of amides is 2. The average molecular weight is 331 g/mol. The van der Waals surface area contributed by atoms with Crippen LogP contribution < -0.4 is 5.32 Å². The molecule has 2 heterocycles. The van der Waals surface area contributed by atoms with Crippen molar-refractivity contribution in [2.24, 2.45) is 0 Å². The molecule has 1 saturated heterocycles. The van der Waals surface area contributed by atoms with Crippen LogP contribution in [0.1, 0.15) is 31.2 Å². The summed E-state index contributed by atoms with van der Waals surface area (Å²) >= 11 is 0. The first-order chi connectivity index (χ1) is 11.6. The van der Waals surface area contributed by atoms with E-state index >= 15 is 0 Å². The van der Waals surface area contributed by atoms with Crippen LogP contribution in [0.4, 0.5) is 10.5 Å². The van der Waals surface area contributed by atoms with Crippen molar-refractivity contribution in [1.82, 2.24) is 9.80 Å². The average Bonchev–Trinajstić information content (AvgIpc) is 2.73. The molecule has 6 nitrogen and oxygen atoms in total.